The molecule has 0 spiro atoms. The van der Waals surface area contributed by atoms with Crippen molar-refractivity contribution in [2.24, 2.45) is 63.6 Å². The molecule has 3 aliphatic carbocycles. The molecule has 11 fully saturated rings. The Labute approximate surface area is 853 Å². The van der Waals surface area contributed by atoms with E-state index in [-0.39, 0.29) is 42.4 Å². The summed E-state index contributed by atoms with van der Waals surface area (Å²) in [6.45, 7) is 38.7. The largest absolute Gasteiger partial charge is 0.481 e. The number of nitrogens with one attached hydrogen (secondary N) is 4. The number of likely N-dealkylation sites (tertiary alicyclic amines) is 4. The number of benzene rings is 4. The van der Waals surface area contributed by atoms with Gasteiger partial charge in [-0.05, 0) is 340 Å². The summed E-state index contributed by atoms with van der Waals surface area (Å²) in [6.07, 6.45) is 20.4. The average Bonchev–Trinajstić information content (AvgIpc) is 0.779. The van der Waals surface area contributed by atoms with E-state index in [1.54, 1.807) is 0 Å². The summed E-state index contributed by atoms with van der Waals surface area (Å²) >= 11 is 32.9. The lowest BCUT2D eigenvalue weighted by Gasteiger charge is -2.52. The Kier molecular flexibility index (Phi) is 33.2. The van der Waals surface area contributed by atoms with Crippen molar-refractivity contribution < 1.29 is 43.6 Å². The maximum absolute atomic E-state index is 14.5. The normalized spacial score (nSPS) is 26.3. The summed E-state index contributed by atoms with van der Waals surface area (Å²) in [5.41, 5.74) is 6.69. The number of aliphatic hydroxyl groups excluding tert-OH is 1. The van der Waals surface area contributed by atoms with Gasteiger partial charge in [0.15, 0.2) is 23.3 Å². The zero-order valence-electron chi connectivity index (χ0n) is 81.7. The van der Waals surface area contributed by atoms with Crippen molar-refractivity contribution in [2.75, 3.05) is 159 Å². The van der Waals surface area contributed by atoms with Crippen molar-refractivity contribution in [3.63, 3.8) is 0 Å². The van der Waals surface area contributed by atoms with Gasteiger partial charge in [-0.3, -0.25) is 14.4 Å². The van der Waals surface area contributed by atoms with Gasteiger partial charge in [0.2, 0.25) is 23.8 Å². The fourth-order valence-corrected chi connectivity index (χ4v) is 24.9. The molecule has 8 N–H and O–H groups in total. The number of hydrogen-bond acceptors (Lipinski definition) is 24. The number of carboxylic acid groups (broad SMARTS) is 3. The fourth-order valence-electron chi connectivity index (χ4n) is 22.7. The van der Waals surface area contributed by atoms with E-state index in [0.29, 0.717) is 87.4 Å². The van der Waals surface area contributed by atoms with Crippen LogP contribution in [-0.4, -0.2) is 234 Å². The monoisotopic (exact) mass is 2110 g/mol. The molecule has 4 aromatic heterocycles. The molecule has 750 valence electrons. The standard InChI is InChI=1S/2C27H35BrClN5O2.C27H35ClFN5O2.C23H31ClFN5O/c2*1-16-6-7-21(23(29)9-16)17(2)31-24-22(28)12-30-26(32-24)34-14-19(15-34)18-5-4-8-33(13-18)20-10-27(3,11-20)25(35)36;1-16-6-7-21(22(28)9-16)17(2)31-24-23(29)12-30-26(32-24)34-14-19(15-34)18-5-4-8-33(13-18)20-10-27(3,11-20)25(35)36;1-15-5-6-19(20(24)10-15)16(2)27-22-21(25)11-26-23(28-22)30-13-18(14-30)17-4-3-7-29(12-17)8-9-31/h3*6-7,9,12,17-20H,4-5,8,10-11,13-15H2,1-3H3,(H,35,36)(H,30,31,32);5-6,10-11,16-18,31H,3-4,7-9,12-14H2,1-2H3,(H,26,27,28). The first-order chi connectivity index (χ1) is 66.3. The lowest BCUT2D eigenvalue weighted by atomic mass is 9.65. The number of halogens is 8. The number of aromatic nitrogens is 8. The number of β-amino-alcohol motifs (C(OH)–C–C–N with tert-alkyl or cyclic N) is 1. The van der Waals surface area contributed by atoms with Gasteiger partial charge >= 0.3 is 17.9 Å². The molecule has 8 unspecified atom stereocenters. The number of aliphatic carboxylic acids is 3. The van der Waals surface area contributed by atoms with Gasteiger partial charge in [0, 0.05) is 136 Å². The molecule has 139 heavy (non-hydrogen) atoms. The highest BCUT2D eigenvalue weighted by Gasteiger charge is 2.54. The van der Waals surface area contributed by atoms with Crippen LogP contribution < -0.4 is 40.9 Å². The first-order valence-corrected chi connectivity index (χ1v) is 52.9. The highest BCUT2D eigenvalue weighted by Crippen LogP contribution is 2.50. The van der Waals surface area contributed by atoms with E-state index in [2.05, 4.69) is 160 Å². The number of hydrogen-bond donors (Lipinski definition) is 8. The highest BCUT2D eigenvalue weighted by atomic mass is 79.9. The summed E-state index contributed by atoms with van der Waals surface area (Å²) < 4.78 is 30.6. The van der Waals surface area contributed by atoms with Crippen LogP contribution >= 0.6 is 78.3 Å². The van der Waals surface area contributed by atoms with Crippen molar-refractivity contribution in [1.29, 1.82) is 0 Å². The van der Waals surface area contributed by atoms with Gasteiger partial charge in [0.05, 0.1) is 68.4 Å². The van der Waals surface area contributed by atoms with Crippen LogP contribution in [0.4, 0.5) is 55.8 Å². The minimum atomic E-state index is -0.675. The molecule has 0 bridgehead atoms. The predicted octanol–water partition coefficient (Wildman–Crippen LogP) is 20.6. The fraction of sp³-hybridized carbons (Fsp3) is 0.587. The van der Waals surface area contributed by atoms with Crippen LogP contribution in [0.15, 0.2) is 107 Å². The second-order valence-corrected chi connectivity index (χ2v) is 45.9. The molecule has 8 aromatic rings. The summed E-state index contributed by atoms with van der Waals surface area (Å²) in [4.78, 5) is 89.4. The number of nitrogens with zero attached hydrogens (tertiary/aromatic N) is 16. The average molecular weight is 2120 g/mol. The Morgan fingerprint density at radius 3 is 0.906 bits per heavy atom. The van der Waals surface area contributed by atoms with Gasteiger partial charge in [-0.15, -0.1) is 0 Å². The van der Waals surface area contributed by atoms with Gasteiger partial charge in [0.1, 0.15) is 11.6 Å². The summed E-state index contributed by atoms with van der Waals surface area (Å²) in [6, 6.07) is 24.8. The first kappa shape index (κ1) is 104. The third-order valence-electron chi connectivity index (χ3n) is 31.9. The molecule has 0 radical (unpaired) electrons. The second kappa shape index (κ2) is 44.6. The van der Waals surface area contributed by atoms with E-state index in [1.807, 2.05) is 123 Å². The van der Waals surface area contributed by atoms with Gasteiger partial charge in [0.25, 0.3) is 0 Å². The molecule has 8 saturated heterocycles. The van der Waals surface area contributed by atoms with Crippen LogP contribution in [0.3, 0.4) is 0 Å². The van der Waals surface area contributed by atoms with Gasteiger partial charge in [-0.2, -0.15) is 19.9 Å². The van der Waals surface area contributed by atoms with Crippen molar-refractivity contribution in [3.8, 4) is 0 Å². The Hall–Kier alpha value is -8.21. The van der Waals surface area contributed by atoms with Gasteiger partial charge in [-0.25, -0.2) is 28.7 Å². The zero-order valence-corrected chi connectivity index (χ0v) is 87.9. The summed E-state index contributed by atoms with van der Waals surface area (Å²) in [5.74, 6) is 6.54. The maximum atomic E-state index is 14.5. The van der Waals surface area contributed by atoms with E-state index in [0.717, 1.165) is 243 Å². The first-order valence-electron chi connectivity index (χ1n) is 49.8. The SMILES string of the molecule is Cc1ccc(C(C)Nc2nc(N3CC(C4CCCN(C5CC(C)(C(=O)O)C5)C4)C3)ncc2Br)c(Cl)c1.Cc1ccc(C(C)Nc2nc(N3CC(C4CCCN(C5CC(C)(C(=O)O)C5)C4)C3)ncc2Br)c(Cl)c1.Cc1ccc(C(C)Nc2nc(N3CC(C4CCCN(C5CC(C)(C(=O)O)C5)C4)C3)ncc2F)c(Cl)c1.Cc1ccc(C(C)Nc2nc(N3CC(C4CCCN(CCO)C4)C3)ncc2F)c(Cl)c1. The molecule has 4 aromatic carbocycles. The Morgan fingerprint density at radius 2 is 0.640 bits per heavy atom. The summed E-state index contributed by atoms with van der Waals surface area (Å²) in [7, 11) is 0. The lowest BCUT2D eigenvalue weighted by Crippen LogP contribution is -2.58. The molecule has 12 heterocycles. The van der Waals surface area contributed by atoms with Crippen LogP contribution in [0.25, 0.3) is 0 Å². The Balaban J connectivity index is 0.000000134. The number of carbonyl (C=O) groups is 3. The molecule has 19 rings (SSSR count). The molecule has 35 heteroatoms. The van der Waals surface area contributed by atoms with Crippen molar-refractivity contribution in [1.82, 2.24) is 59.5 Å². The number of aryl methyl sites for hydroxylation is 4. The zero-order chi connectivity index (χ0) is 98.8. The molecular weight excluding hydrogens is 1980 g/mol. The smallest absolute Gasteiger partial charge is 0.309 e. The van der Waals surface area contributed by atoms with Crippen molar-refractivity contribution >= 4 is 143 Å². The molecular formula is C104H136Br2Cl4F2N20O7. The minimum absolute atomic E-state index is 0.00370. The minimum Gasteiger partial charge on any atom is -0.481 e. The van der Waals surface area contributed by atoms with E-state index in [4.69, 9.17) is 56.4 Å². The third kappa shape index (κ3) is 24.4. The topological polar surface area (TPSA) is 309 Å². The molecule has 3 saturated carbocycles. The predicted molar refractivity (Wildman–Crippen MR) is 555 cm³/mol. The Morgan fingerprint density at radius 1 is 0.388 bits per heavy atom. The second-order valence-electron chi connectivity index (χ2n) is 42.6. The Bertz CT molecular complexity index is 5250. The highest BCUT2D eigenvalue weighted by molar-refractivity contribution is 9.11. The molecule has 11 aliphatic rings. The number of aliphatic hydroxyl groups is 1. The van der Waals surface area contributed by atoms with E-state index < -0.39 is 45.8 Å². The van der Waals surface area contributed by atoms with E-state index >= 15 is 0 Å². The van der Waals surface area contributed by atoms with Crippen molar-refractivity contribution in [3.05, 3.63) is 183 Å². The molecule has 27 nitrogen and oxygen atoms in total. The van der Waals surface area contributed by atoms with Crippen molar-refractivity contribution in [2.45, 2.75) is 208 Å². The molecule has 0 amide bonds. The van der Waals surface area contributed by atoms with E-state index in [1.165, 1.54) is 57.3 Å². The lowest BCUT2D eigenvalue weighted by molar-refractivity contribution is -0.159. The van der Waals surface area contributed by atoms with Crippen LogP contribution in [0, 0.1) is 103 Å². The van der Waals surface area contributed by atoms with E-state index in [9.17, 15) is 43.6 Å². The number of carboxylic acids is 3. The third-order valence-corrected chi connectivity index (χ3v) is 34.4. The van der Waals surface area contributed by atoms with Crippen LogP contribution in [0.2, 0.25) is 20.1 Å². The van der Waals surface area contributed by atoms with Crippen LogP contribution in [-0.2, 0) is 14.4 Å². The molecule has 8 atom stereocenters. The van der Waals surface area contributed by atoms with Crippen LogP contribution in [0.5, 0.6) is 0 Å². The number of piperidine rings is 4. The van der Waals surface area contributed by atoms with Gasteiger partial charge in [-0.1, -0.05) is 94.9 Å². The quantitative estimate of drug-likeness (QED) is 0.0226. The van der Waals surface area contributed by atoms with Crippen LogP contribution in [0.1, 0.15) is 207 Å². The number of anilines is 8. The molecule has 8 aliphatic heterocycles. The van der Waals surface area contributed by atoms with Gasteiger partial charge < -0.3 is 80.9 Å². The number of rotatable bonds is 28. The summed E-state index contributed by atoms with van der Waals surface area (Å²) in [5, 5.41) is 53.6. The maximum Gasteiger partial charge on any atom is 0.309 e.